The van der Waals surface area contributed by atoms with Crippen LogP contribution in [0.15, 0.2) is 22.7 Å². The van der Waals surface area contributed by atoms with E-state index in [4.69, 9.17) is 9.26 Å². The molecule has 0 bridgehead atoms. The monoisotopic (exact) mass is 345 g/mol. The van der Waals surface area contributed by atoms with Gasteiger partial charge in [-0.3, -0.25) is 10.1 Å². The molecule has 2 aromatic rings. The summed E-state index contributed by atoms with van der Waals surface area (Å²) in [6.45, 7) is 5.17. The van der Waals surface area contributed by atoms with Crippen molar-refractivity contribution in [2.45, 2.75) is 33.3 Å². The first kappa shape index (κ1) is 16.9. The van der Waals surface area contributed by atoms with Gasteiger partial charge < -0.3 is 14.2 Å². The molecule has 132 valence electrons. The molecule has 1 fully saturated rings. The van der Waals surface area contributed by atoms with Crippen molar-refractivity contribution in [1.29, 1.82) is 0 Å². The Balaban J connectivity index is 1.86. The number of carbonyl (C=O) groups excluding carboxylic acids is 1. The molecule has 0 radical (unpaired) electrons. The number of esters is 1. The average molecular weight is 345 g/mol. The van der Waals surface area contributed by atoms with Crippen molar-refractivity contribution in [3.8, 4) is 0 Å². The van der Waals surface area contributed by atoms with Crippen LogP contribution < -0.4 is 4.90 Å². The first-order valence-electron chi connectivity index (χ1n) is 8.09. The van der Waals surface area contributed by atoms with Gasteiger partial charge in [-0.15, -0.1) is 0 Å². The van der Waals surface area contributed by atoms with Gasteiger partial charge in [0.05, 0.1) is 27.4 Å². The van der Waals surface area contributed by atoms with E-state index in [0.29, 0.717) is 22.7 Å². The number of benzene rings is 1. The highest BCUT2D eigenvalue weighted by atomic mass is 16.6. The maximum atomic E-state index is 12.6. The smallest absolute Gasteiger partial charge is 0.340 e. The van der Waals surface area contributed by atoms with Gasteiger partial charge >= 0.3 is 5.97 Å². The highest BCUT2D eigenvalue weighted by Gasteiger charge is 2.24. The number of hydrogen-bond donors (Lipinski definition) is 0. The quantitative estimate of drug-likeness (QED) is 0.466. The third-order valence-electron chi connectivity index (χ3n) is 4.39. The van der Waals surface area contributed by atoms with Crippen LogP contribution in [0.3, 0.4) is 0 Å². The second kappa shape index (κ2) is 6.92. The van der Waals surface area contributed by atoms with Crippen LogP contribution in [0.2, 0.25) is 0 Å². The third-order valence-corrected chi connectivity index (χ3v) is 4.39. The van der Waals surface area contributed by atoms with Crippen molar-refractivity contribution < 1.29 is 19.0 Å². The maximum Gasteiger partial charge on any atom is 0.340 e. The molecule has 8 nitrogen and oxygen atoms in total. The molecule has 25 heavy (non-hydrogen) atoms. The van der Waals surface area contributed by atoms with Crippen LogP contribution in [0.1, 0.15) is 40.2 Å². The van der Waals surface area contributed by atoms with E-state index in [9.17, 15) is 14.9 Å². The zero-order valence-corrected chi connectivity index (χ0v) is 14.2. The Labute approximate surface area is 144 Å². The van der Waals surface area contributed by atoms with E-state index in [1.807, 2.05) is 0 Å². The summed E-state index contributed by atoms with van der Waals surface area (Å²) in [6, 6.07) is 4.32. The van der Waals surface area contributed by atoms with Crippen molar-refractivity contribution in [1.82, 2.24) is 5.16 Å². The molecule has 0 atom stereocenters. The van der Waals surface area contributed by atoms with Crippen LogP contribution in [-0.2, 0) is 11.3 Å². The van der Waals surface area contributed by atoms with E-state index >= 15 is 0 Å². The predicted octanol–water partition coefficient (Wildman–Crippen LogP) is 3.16. The highest BCUT2D eigenvalue weighted by Crippen LogP contribution is 2.29. The van der Waals surface area contributed by atoms with Crippen LogP contribution in [0.5, 0.6) is 0 Å². The predicted molar refractivity (Wildman–Crippen MR) is 89.6 cm³/mol. The normalized spacial score (nSPS) is 13.9. The number of ether oxygens (including phenoxy) is 1. The Morgan fingerprint density at radius 3 is 2.68 bits per heavy atom. The second-order valence-corrected chi connectivity index (χ2v) is 6.03. The van der Waals surface area contributed by atoms with Gasteiger partial charge in [-0.2, -0.15) is 0 Å². The Morgan fingerprint density at radius 2 is 2.08 bits per heavy atom. The lowest BCUT2D eigenvalue weighted by Gasteiger charge is -2.20. The number of aromatic nitrogens is 1. The Hall–Kier alpha value is -2.90. The van der Waals surface area contributed by atoms with E-state index in [1.54, 1.807) is 19.9 Å². The molecule has 0 N–H and O–H groups in total. The van der Waals surface area contributed by atoms with Gasteiger partial charge in [0.25, 0.3) is 5.69 Å². The average Bonchev–Trinajstić information content (AvgIpc) is 3.23. The molecule has 0 saturated carbocycles. The van der Waals surface area contributed by atoms with Gasteiger partial charge in [-0.1, -0.05) is 5.16 Å². The summed E-state index contributed by atoms with van der Waals surface area (Å²) >= 11 is 0. The fourth-order valence-corrected chi connectivity index (χ4v) is 2.96. The van der Waals surface area contributed by atoms with Crippen LogP contribution in [-0.4, -0.2) is 29.1 Å². The molecular formula is C17H19N3O5. The highest BCUT2D eigenvalue weighted by molar-refractivity contribution is 5.96. The van der Waals surface area contributed by atoms with Crippen molar-refractivity contribution in [2.75, 3.05) is 18.0 Å². The van der Waals surface area contributed by atoms with E-state index in [0.717, 1.165) is 25.9 Å². The molecule has 1 aliphatic heterocycles. The first-order valence-corrected chi connectivity index (χ1v) is 8.09. The van der Waals surface area contributed by atoms with Gasteiger partial charge in [0.2, 0.25) is 0 Å². The summed E-state index contributed by atoms with van der Waals surface area (Å²) in [5, 5.41) is 14.9. The molecule has 2 heterocycles. The minimum absolute atomic E-state index is 0.0160. The van der Waals surface area contributed by atoms with Gasteiger partial charge in [0.1, 0.15) is 12.4 Å². The van der Waals surface area contributed by atoms with E-state index < -0.39 is 10.9 Å². The van der Waals surface area contributed by atoms with Crippen molar-refractivity contribution in [2.24, 2.45) is 0 Å². The molecule has 0 spiro atoms. The number of nitro groups is 1. The maximum absolute atomic E-state index is 12.6. The number of non-ortho nitro benzene ring substituents is 1. The first-order chi connectivity index (χ1) is 12.0. The summed E-state index contributed by atoms with van der Waals surface area (Å²) in [7, 11) is 0. The molecule has 0 unspecified atom stereocenters. The number of hydrogen-bond acceptors (Lipinski definition) is 7. The summed E-state index contributed by atoms with van der Waals surface area (Å²) in [4.78, 5) is 25.2. The van der Waals surface area contributed by atoms with Gasteiger partial charge in [-0.25, -0.2) is 4.79 Å². The van der Waals surface area contributed by atoms with Gasteiger partial charge in [0, 0.05) is 25.2 Å². The number of rotatable bonds is 5. The Kier molecular flexibility index (Phi) is 4.69. The van der Waals surface area contributed by atoms with Gasteiger partial charge in [0.15, 0.2) is 0 Å². The number of carbonyl (C=O) groups is 1. The molecule has 1 aliphatic rings. The van der Waals surface area contributed by atoms with E-state index in [2.05, 4.69) is 10.1 Å². The summed E-state index contributed by atoms with van der Waals surface area (Å²) in [5.74, 6) is -0.00490. The lowest BCUT2D eigenvalue weighted by molar-refractivity contribution is -0.384. The molecule has 3 rings (SSSR count). The molecule has 0 aliphatic carbocycles. The zero-order chi connectivity index (χ0) is 18.0. The lowest BCUT2D eigenvalue weighted by atomic mass is 10.1. The minimum atomic E-state index is -0.592. The topological polar surface area (TPSA) is 98.7 Å². The number of aryl methyl sites for hydroxylation is 2. The molecule has 1 saturated heterocycles. The van der Waals surface area contributed by atoms with Crippen LogP contribution >= 0.6 is 0 Å². The molecule has 0 amide bonds. The van der Waals surface area contributed by atoms with Crippen LogP contribution in [0.4, 0.5) is 11.4 Å². The Morgan fingerprint density at radius 1 is 1.36 bits per heavy atom. The minimum Gasteiger partial charge on any atom is -0.457 e. The zero-order valence-electron chi connectivity index (χ0n) is 14.2. The number of anilines is 1. The standard InChI is InChI=1S/C17H19N3O5/c1-11-15(12(2)25-18-11)10-24-17(21)14-9-13(20(22)23)5-6-16(14)19-7-3-4-8-19/h5-6,9H,3-4,7-8,10H2,1-2H3. The fourth-order valence-electron chi connectivity index (χ4n) is 2.96. The molecule has 8 heteroatoms. The summed E-state index contributed by atoms with van der Waals surface area (Å²) in [5.41, 5.74) is 2.12. The van der Waals surface area contributed by atoms with E-state index in [1.165, 1.54) is 12.1 Å². The fraction of sp³-hybridized carbons (Fsp3) is 0.412. The van der Waals surface area contributed by atoms with Gasteiger partial charge in [-0.05, 0) is 32.8 Å². The summed E-state index contributed by atoms with van der Waals surface area (Å²) < 4.78 is 10.4. The number of nitro benzene ring substituents is 1. The van der Waals surface area contributed by atoms with E-state index in [-0.39, 0.29) is 17.9 Å². The Bertz CT molecular complexity index is 789. The second-order valence-electron chi connectivity index (χ2n) is 6.03. The van der Waals surface area contributed by atoms with Crippen molar-refractivity contribution >= 4 is 17.3 Å². The molecule has 1 aromatic carbocycles. The van der Waals surface area contributed by atoms with Crippen molar-refractivity contribution in [3.05, 3.63) is 50.9 Å². The number of nitrogens with zero attached hydrogens (tertiary/aromatic N) is 3. The van der Waals surface area contributed by atoms with Crippen molar-refractivity contribution in [3.63, 3.8) is 0 Å². The largest absolute Gasteiger partial charge is 0.457 e. The lowest BCUT2D eigenvalue weighted by Crippen LogP contribution is -2.21. The van der Waals surface area contributed by atoms with Crippen LogP contribution in [0, 0.1) is 24.0 Å². The van der Waals surface area contributed by atoms with Crippen LogP contribution in [0.25, 0.3) is 0 Å². The third kappa shape index (κ3) is 3.47. The summed E-state index contributed by atoms with van der Waals surface area (Å²) in [6.07, 6.45) is 2.06. The SMILES string of the molecule is Cc1noc(C)c1COC(=O)c1cc([N+](=O)[O-])ccc1N1CCCC1. The molecular weight excluding hydrogens is 326 g/mol. The molecule has 1 aromatic heterocycles.